The van der Waals surface area contributed by atoms with Crippen LogP contribution in [-0.4, -0.2) is 22.7 Å². The van der Waals surface area contributed by atoms with E-state index in [-0.39, 0.29) is 5.56 Å². The first kappa shape index (κ1) is 15.8. The van der Waals surface area contributed by atoms with Crippen molar-refractivity contribution in [3.63, 3.8) is 0 Å². The summed E-state index contributed by atoms with van der Waals surface area (Å²) in [7, 11) is 0. The van der Waals surface area contributed by atoms with Gasteiger partial charge < -0.3 is 5.11 Å². The van der Waals surface area contributed by atoms with Crippen molar-refractivity contribution in [1.82, 2.24) is 0 Å². The number of carbonyl (C=O) groups excluding carboxylic acids is 1. The minimum Gasteiger partial charge on any atom is -0.369 e. The Balaban J connectivity index is 3.40. The quantitative estimate of drug-likeness (QED) is 0.672. The van der Waals surface area contributed by atoms with Crippen LogP contribution in [0.3, 0.4) is 0 Å². The van der Waals surface area contributed by atoms with Crippen molar-refractivity contribution in [3.8, 4) is 0 Å². The Morgan fingerprint density at radius 3 is 1.58 bits per heavy atom. The van der Waals surface area contributed by atoms with Crippen molar-refractivity contribution in [3.05, 3.63) is 35.4 Å². The first-order chi connectivity index (χ1) is 8.41. The molecule has 0 fully saturated rings. The summed E-state index contributed by atoms with van der Waals surface area (Å²) >= 11 is 5.00. The van der Waals surface area contributed by atoms with Gasteiger partial charge in [0.15, 0.2) is 0 Å². The van der Waals surface area contributed by atoms with Gasteiger partial charge in [-0.25, -0.2) is 0 Å². The zero-order chi connectivity index (χ0) is 15.1. The molecule has 0 aromatic heterocycles. The number of rotatable bonds is 2. The maximum Gasteiger partial charge on any atom is 0.430 e. The van der Waals surface area contributed by atoms with Crippen LogP contribution in [0.5, 0.6) is 0 Å². The van der Waals surface area contributed by atoms with E-state index in [2.05, 4.69) is 0 Å². The van der Waals surface area contributed by atoms with Crippen molar-refractivity contribution in [1.29, 1.82) is 0 Å². The maximum absolute atomic E-state index is 12.5. The van der Waals surface area contributed by atoms with Crippen LogP contribution in [0.2, 0.25) is 0 Å². The van der Waals surface area contributed by atoms with Gasteiger partial charge in [-0.15, -0.1) is 0 Å². The fourth-order valence-electron chi connectivity index (χ4n) is 1.33. The van der Waals surface area contributed by atoms with Gasteiger partial charge in [-0.2, -0.15) is 26.3 Å². The van der Waals surface area contributed by atoms with Crippen LogP contribution in [0.15, 0.2) is 24.3 Å². The number of halogens is 7. The standard InChI is InChI=1S/C10H5ClF6O2/c11-7(18)5-1-3-6(4-2-5)8(19,9(12,13)14)10(15,16)17/h1-4,19H. The predicted molar refractivity (Wildman–Crippen MR) is 52.6 cm³/mol. The molecular weight excluding hydrogens is 302 g/mol. The Labute approximate surface area is 107 Å². The molecule has 106 valence electrons. The number of benzene rings is 1. The highest BCUT2D eigenvalue weighted by Crippen LogP contribution is 2.49. The number of hydrogen-bond acceptors (Lipinski definition) is 2. The van der Waals surface area contributed by atoms with E-state index in [1.807, 2.05) is 0 Å². The molecule has 1 aromatic carbocycles. The van der Waals surface area contributed by atoms with E-state index in [4.69, 9.17) is 16.7 Å². The van der Waals surface area contributed by atoms with E-state index in [9.17, 15) is 31.1 Å². The zero-order valence-corrected chi connectivity index (χ0v) is 9.57. The van der Waals surface area contributed by atoms with Crippen molar-refractivity contribution < 1.29 is 36.2 Å². The lowest BCUT2D eigenvalue weighted by Gasteiger charge is -2.32. The molecule has 1 rings (SSSR count). The molecule has 1 aromatic rings. The number of hydrogen-bond donors (Lipinski definition) is 1. The molecular formula is C10H5ClF6O2. The molecule has 1 N–H and O–H groups in total. The maximum atomic E-state index is 12.5. The van der Waals surface area contributed by atoms with E-state index < -0.39 is 28.8 Å². The van der Waals surface area contributed by atoms with Crippen LogP contribution in [0.25, 0.3) is 0 Å². The second kappa shape index (κ2) is 4.68. The molecule has 9 heteroatoms. The molecule has 0 atom stereocenters. The highest BCUT2D eigenvalue weighted by Gasteiger charge is 2.71. The zero-order valence-electron chi connectivity index (χ0n) is 8.81. The lowest BCUT2D eigenvalue weighted by atomic mass is 9.91. The summed E-state index contributed by atoms with van der Waals surface area (Å²) in [6, 6.07) is 2.01. The van der Waals surface area contributed by atoms with Gasteiger partial charge in [-0.05, 0) is 23.7 Å². The lowest BCUT2D eigenvalue weighted by Crippen LogP contribution is -2.53. The highest BCUT2D eigenvalue weighted by atomic mass is 35.5. The molecule has 0 saturated heterocycles. The summed E-state index contributed by atoms with van der Waals surface area (Å²) in [5.41, 5.74) is -6.75. The summed E-state index contributed by atoms with van der Waals surface area (Å²) in [6.45, 7) is 0. The summed E-state index contributed by atoms with van der Waals surface area (Å²) < 4.78 is 74.9. The Hall–Kier alpha value is -1.28. The SMILES string of the molecule is O=C(Cl)c1ccc(C(O)(C(F)(F)F)C(F)(F)F)cc1. The third kappa shape index (κ3) is 2.69. The Kier molecular flexibility index (Phi) is 3.88. The molecule has 0 amide bonds. The molecule has 0 bridgehead atoms. The van der Waals surface area contributed by atoms with Crippen LogP contribution in [-0.2, 0) is 5.60 Å². The van der Waals surface area contributed by atoms with Crippen LogP contribution < -0.4 is 0 Å². The second-order valence-electron chi connectivity index (χ2n) is 3.56. The number of aliphatic hydroxyl groups is 1. The fourth-order valence-corrected chi connectivity index (χ4v) is 1.46. The Bertz CT molecular complexity index is 462. The molecule has 0 radical (unpaired) electrons. The van der Waals surface area contributed by atoms with Crippen molar-refractivity contribution >= 4 is 16.8 Å². The third-order valence-electron chi connectivity index (χ3n) is 2.35. The Morgan fingerprint density at radius 1 is 0.947 bits per heavy atom. The van der Waals surface area contributed by atoms with E-state index in [1.54, 1.807) is 0 Å². The molecule has 0 aliphatic heterocycles. The van der Waals surface area contributed by atoms with Gasteiger partial charge in [0.2, 0.25) is 0 Å². The number of carbonyl (C=O) groups is 1. The minimum absolute atomic E-state index is 0.294. The molecule has 0 aliphatic carbocycles. The average Bonchev–Trinajstić information content (AvgIpc) is 2.25. The minimum atomic E-state index is -5.96. The molecule has 19 heavy (non-hydrogen) atoms. The first-order valence-electron chi connectivity index (χ1n) is 4.57. The summed E-state index contributed by atoms with van der Waals surface area (Å²) in [5, 5.41) is 7.97. The molecule has 0 spiro atoms. The summed E-state index contributed by atoms with van der Waals surface area (Å²) in [4.78, 5) is 10.7. The molecule has 2 nitrogen and oxygen atoms in total. The van der Waals surface area contributed by atoms with Crippen LogP contribution in [0, 0.1) is 0 Å². The van der Waals surface area contributed by atoms with E-state index in [0.29, 0.717) is 24.3 Å². The van der Waals surface area contributed by atoms with Crippen molar-refractivity contribution in [2.24, 2.45) is 0 Å². The molecule has 0 saturated carbocycles. The second-order valence-corrected chi connectivity index (χ2v) is 3.90. The largest absolute Gasteiger partial charge is 0.430 e. The van der Waals surface area contributed by atoms with Crippen molar-refractivity contribution in [2.75, 3.05) is 0 Å². The molecule has 0 unspecified atom stereocenters. The average molecular weight is 307 g/mol. The van der Waals surface area contributed by atoms with Gasteiger partial charge in [0, 0.05) is 11.1 Å². The van der Waals surface area contributed by atoms with Gasteiger partial charge in [0.25, 0.3) is 10.8 Å². The highest BCUT2D eigenvalue weighted by molar-refractivity contribution is 6.67. The van der Waals surface area contributed by atoms with Crippen LogP contribution in [0.4, 0.5) is 26.3 Å². The first-order valence-corrected chi connectivity index (χ1v) is 4.95. The predicted octanol–water partition coefficient (Wildman–Crippen LogP) is 3.38. The summed E-state index contributed by atoms with van der Waals surface area (Å²) in [6.07, 6.45) is -11.9. The van der Waals surface area contributed by atoms with E-state index in [0.717, 1.165) is 0 Å². The normalized spacial score (nSPS) is 13.5. The number of alkyl halides is 6. The van der Waals surface area contributed by atoms with Gasteiger partial charge in [0.05, 0.1) is 0 Å². The summed E-state index contributed by atoms with van der Waals surface area (Å²) in [5.74, 6) is 0. The van der Waals surface area contributed by atoms with Gasteiger partial charge in [0.1, 0.15) is 0 Å². The van der Waals surface area contributed by atoms with Crippen LogP contribution >= 0.6 is 11.6 Å². The van der Waals surface area contributed by atoms with E-state index in [1.165, 1.54) is 0 Å². The smallest absolute Gasteiger partial charge is 0.369 e. The third-order valence-corrected chi connectivity index (χ3v) is 2.57. The van der Waals surface area contributed by atoms with Gasteiger partial charge in [-0.1, -0.05) is 12.1 Å². The van der Waals surface area contributed by atoms with Gasteiger partial charge in [-0.3, -0.25) is 4.79 Å². The fraction of sp³-hybridized carbons (Fsp3) is 0.300. The van der Waals surface area contributed by atoms with Crippen LogP contribution in [0.1, 0.15) is 15.9 Å². The Morgan fingerprint density at radius 2 is 1.32 bits per heavy atom. The lowest BCUT2D eigenvalue weighted by molar-refractivity contribution is -0.376. The molecule has 0 heterocycles. The van der Waals surface area contributed by atoms with Gasteiger partial charge >= 0.3 is 12.4 Å². The monoisotopic (exact) mass is 306 g/mol. The van der Waals surface area contributed by atoms with E-state index >= 15 is 0 Å². The molecule has 0 aliphatic rings. The van der Waals surface area contributed by atoms with Crippen molar-refractivity contribution in [2.45, 2.75) is 18.0 Å². The topological polar surface area (TPSA) is 37.3 Å².